The molecule has 0 fully saturated rings. The fourth-order valence-corrected chi connectivity index (χ4v) is 10.0. The van der Waals surface area contributed by atoms with Crippen molar-refractivity contribution in [2.75, 3.05) is 0 Å². The van der Waals surface area contributed by atoms with E-state index >= 15 is 0 Å². The molecule has 12 aromatic carbocycles. The van der Waals surface area contributed by atoms with Crippen LogP contribution in [0.4, 0.5) is 8.78 Å². The second-order valence-corrected chi connectivity index (χ2v) is 20.0. The third-order valence-electron chi connectivity index (χ3n) is 13.0. The number of rotatable bonds is 12. The summed E-state index contributed by atoms with van der Waals surface area (Å²) in [5, 5.41) is 17.7. The Labute approximate surface area is 597 Å². The molecule has 12 rings (SSSR count). The van der Waals surface area contributed by atoms with E-state index in [9.17, 15) is 13.9 Å². The molecule has 12 aromatic rings. The normalized spacial score (nSPS) is 10.1. The Kier molecular flexibility index (Phi) is 26.5. The number of carbonyl (C=O) groups is 1. The Bertz CT molecular complexity index is 3820. The average molecular weight is 1300 g/mol. The van der Waals surface area contributed by atoms with E-state index in [1.807, 2.05) is 176 Å². The van der Waals surface area contributed by atoms with Gasteiger partial charge in [0.2, 0.25) is 0 Å². The molecular weight excluding hydrogens is 1250 g/mol. The van der Waals surface area contributed by atoms with Crippen molar-refractivity contribution in [3.05, 3.63) is 318 Å². The zero-order valence-electron chi connectivity index (χ0n) is 47.4. The van der Waals surface area contributed by atoms with Crippen molar-refractivity contribution in [3.63, 3.8) is 0 Å². The van der Waals surface area contributed by atoms with Crippen molar-refractivity contribution in [1.29, 1.82) is 0 Å². The van der Waals surface area contributed by atoms with Crippen LogP contribution in [-0.4, -0.2) is 11.6 Å². The summed E-state index contributed by atoms with van der Waals surface area (Å²) in [6.07, 6.45) is 0. The Morgan fingerprint density at radius 1 is 0.341 bits per heavy atom. The molecule has 6 nitrogen and oxygen atoms in total. The van der Waals surface area contributed by atoms with Gasteiger partial charge in [-0.1, -0.05) is 249 Å². The Morgan fingerprint density at radius 2 is 0.600 bits per heavy atom. The van der Waals surface area contributed by atoms with Crippen molar-refractivity contribution < 1.29 is 142 Å². The molecule has 0 atom stereocenters. The summed E-state index contributed by atoms with van der Waals surface area (Å²) < 4.78 is 42.9. The summed E-state index contributed by atoms with van der Waals surface area (Å²) >= 11 is 6.99. The minimum Gasteiger partial charge on any atom is -1.00 e. The molecule has 0 heterocycles. The second-order valence-electron chi connectivity index (χ2n) is 18.4. The number of phenolic OH excluding ortho intramolecular Hbond substituents is 1. The van der Waals surface area contributed by atoms with Crippen LogP contribution in [-0.2, 0) is 9.68 Å². The zero-order chi connectivity index (χ0) is 57.8. The Balaban J connectivity index is 0.000000237. The number of carbonyl (C=O) groups excluding carboxylic acids is 1. The molecule has 85 heavy (non-hydrogen) atoms. The van der Waals surface area contributed by atoms with Gasteiger partial charge in [-0.15, -0.1) is 0 Å². The van der Waals surface area contributed by atoms with Crippen molar-refractivity contribution in [2.45, 2.75) is 0 Å². The first-order valence-corrected chi connectivity index (χ1v) is 27.8. The molecule has 0 aliphatic heterocycles. The van der Waals surface area contributed by atoms with Gasteiger partial charge < -0.3 is 26.2 Å². The minimum atomic E-state index is -0.585. The number of hydrogen-bond donors (Lipinski definition) is 1. The van der Waals surface area contributed by atoms with E-state index in [1.54, 1.807) is 42.5 Å². The quantitative estimate of drug-likeness (QED) is 0.0431. The number of aromatic hydroxyl groups is 1. The van der Waals surface area contributed by atoms with E-state index in [0.29, 0.717) is 39.5 Å². The van der Waals surface area contributed by atoms with Gasteiger partial charge in [-0.05, 0) is 136 Å². The molecule has 410 valence electrons. The number of phenols is 1. The van der Waals surface area contributed by atoms with E-state index in [2.05, 4.69) is 116 Å². The monoisotopic (exact) mass is 1300 g/mol. The molecule has 0 amide bonds. The van der Waals surface area contributed by atoms with Crippen LogP contribution in [0.2, 0.25) is 0 Å². The molecule has 1 N–H and O–H groups in total. The van der Waals surface area contributed by atoms with E-state index in [4.69, 9.17) is 19.5 Å². The topological polar surface area (TPSA) is 88.1 Å². The SMILES string of the molecule is Brc1c(Oc2cccc(-c3ccccc3)c2)c(-c2ccccc2)cc(-c2ccccc2)c1Oc1cccc(-c2ccccc2)c1.Fc1c(-c2ccccc2)cc(-c2ccccc2)c(F)c1Br.O=CO[O-].Oc1cccc(-c2ccccc2)c1.[H-].[K+].[K+]. The van der Waals surface area contributed by atoms with E-state index in [-0.39, 0.29) is 115 Å². The van der Waals surface area contributed by atoms with Crippen LogP contribution in [0.5, 0.6) is 28.7 Å². The van der Waals surface area contributed by atoms with Crippen molar-refractivity contribution in [2.24, 2.45) is 0 Å². The molecule has 0 spiro atoms. The first-order valence-electron chi connectivity index (χ1n) is 26.2. The maximum atomic E-state index is 14.4. The van der Waals surface area contributed by atoms with E-state index < -0.39 is 11.6 Å². The van der Waals surface area contributed by atoms with Gasteiger partial charge in [-0.2, -0.15) is 0 Å². The predicted octanol–water partition coefficient (Wildman–Crippen LogP) is 14.4. The fourth-order valence-electron chi connectivity index (χ4n) is 9.03. The number of benzene rings is 12. The van der Waals surface area contributed by atoms with Gasteiger partial charge in [0.05, 0.1) is 4.47 Å². The van der Waals surface area contributed by atoms with E-state index in [0.717, 1.165) is 71.6 Å². The van der Waals surface area contributed by atoms with Gasteiger partial charge in [-0.3, -0.25) is 4.79 Å². The first-order chi connectivity index (χ1) is 40.7. The molecule has 0 unspecified atom stereocenters. The molecular formula is C73H52Br2F2K2O6. The van der Waals surface area contributed by atoms with Crippen LogP contribution in [0, 0.1) is 11.6 Å². The number of hydrogen-bond acceptors (Lipinski definition) is 6. The summed E-state index contributed by atoms with van der Waals surface area (Å²) in [4.78, 5) is 11.2. The van der Waals surface area contributed by atoms with Crippen LogP contribution in [0.25, 0.3) is 77.9 Å². The minimum absolute atomic E-state index is 0. The van der Waals surface area contributed by atoms with Gasteiger partial charge in [0.25, 0.3) is 6.47 Å². The standard InChI is InChI=1S/C42H29BrO2.C18H11BrF2.C12H10O.CH2O3.2K.H/c43-40-41(44-36-25-13-23-34(27-36)30-15-5-1-6-16-30)38(32-19-9-3-10-20-32)29-39(33-21-11-4-12-22-33)42(40)45-37-26-14-24-35(28-37)31-17-7-2-8-18-31;19-16-17(20)14(12-7-3-1-4-8-12)11-15(18(16)21)13-9-5-2-6-10-13;13-12-8-4-7-11(9-12)10-5-2-1-3-6-10;2-1-4-3;;;/h1-29H;1-11H;1-9,13H;1,3H;;;/q;;;;2*+1;-1/p-1. The number of ether oxygens (including phenoxy) is 2. The molecule has 0 aliphatic carbocycles. The van der Waals surface area contributed by atoms with Crippen LogP contribution >= 0.6 is 31.9 Å². The van der Waals surface area contributed by atoms with Gasteiger partial charge in [-0.25, -0.2) is 8.78 Å². The molecule has 0 saturated carbocycles. The smallest absolute Gasteiger partial charge is 1.00 e. The predicted molar refractivity (Wildman–Crippen MR) is 336 cm³/mol. The molecule has 0 aliphatic rings. The van der Waals surface area contributed by atoms with Crippen molar-refractivity contribution >= 4 is 38.3 Å². The van der Waals surface area contributed by atoms with Crippen LogP contribution in [0.1, 0.15) is 1.43 Å². The average Bonchev–Trinajstić information content (AvgIpc) is 1.42. The Morgan fingerprint density at radius 3 is 0.906 bits per heavy atom. The van der Waals surface area contributed by atoms with Gasteiger partial charge >= 0.3 is 103 Å². The summed E-state index contributed by atoms with van der Waals surface area (Å²) in [6.45, 7) is -0.181. The molecule has 0 aromatic heterocycles. The second kappa shape index (κ2) is 34.0. The van der Waals surface area contributed by atoms with Gasteiger partial charge in [0, 0.05) is 22.3 Å². The van der Waals surface area contributed by atoms with Gasteiger partial charge in [0.1, 0.15) is 33.4 Å². The third-order valence-corrected chi connectivity index (χ3v) is 14.4. The van der Waals surface area contributed by atoms with Crippen molar-refractivity contribution in [3.8, 4) is 107 Å². The maximum Gasteiger partial charge on any atom is 1.00 e. The van der Waals surface area contributed by atoms with Crippen LogP contribution in [0.3, 0.4) is 0 Å². The summed E-state index contributed by atoms with van der Waals surface area (Å²) in [7, 11) is 0. The Hall–Kier alpha value is -6.44. The van der Waals surface area contributed by atoms with Crippen LogP contribution in [0.15, 0.2) is 306 Å². The first kappa shape index (κ1) is 66.1. The molecule has 12 heteroatoms. The summed E-state index contributed by atoms with van der Waals surface area (Å²) in [5.41, 5.74) is 12.8. The fraction of sp³-hybridized carbons (Fsp3) is 0. The van der Waals surface area contributed by atoms with E-state index in [1.165, 1.54) is 0 Å². The number of halogens is 4. The molecule has 0 saturated heterocycles. The zero-order valence-corrected chi connectivity index (χ0v) is 55.8. The summed E-state index contributed by atoms with van der Waals surface area (Å²) in [5.74, 6) is 1.97. The molecule has 0 radical (unpaired) electrons. The van der Waals surface area contributed by atoms with Crippen LogP contribution < -0.4 is 118 Å². The van der Waals surface area contributed by atoms with Crippen molar-refractivity contribution in [1.82, 2.24) is 0 Å². The largest absolute Gasteiger partial charge is 1.00 e. The maximum absolute atomic E-state index is 14.4. The van der Waals surface area contributed by atoms with Gasteiger partial charge in [0.15, 0.2) is 11.5 Å². The summed E-state index contributed by atoms with van der Waals surface area (Å²) in [6, 6.07) is 96.9. The molecule has 0 bridgehead atoms. The third kappa shape index (κ3) is 18.1.